The van der Waals surface area contributed by atoms with E-state index in [-0.39, 0.29) is 12.8 Å². The molecule has 0 aliphatic carbocycles. The summed E-state index contributed by atoms with van der Waals surface area (Å²) in [4.78, 5) is 36.7. The lowest BCUT2D eigenvalue weighted by atomic mass is 9.96. The molecule has 0 aliphatic rings. The molecule has 3 rings (SSSR count). The van der Waals surface area contributed by atoms with E-state index in [1.54, 1.807) is 0 Å². The normalized spacial score (nSPS) is 11.8. The fourth-order valence-corrected chi connectivity index (χ4v) is 3.24. The summed E-state index contributed by atoms with van der Waals surface area (Å²) in [5.74, 6) is -1.46. The second-order valence-corrected chi connectivity index (χ2v) is 6.36. The third kappa shape index (κ3) is 3.96. The van der Waals surface area contributed by atoms with E-state index in [0.717, 1.165) is 21.5 Å². The Balaban J connectivity index is 2.00. The van der Waals surface area contributed by atoms with E-state index >= 15 is 0 Å². The number of carbonyl (C=O) groups excluding carboxylic acids is 3. The van der Waals surface area contributed by atoms with Crippen LogP contribution in [0.15, 0.2) is 54.6 Å². The van der Waals surface area contributed by atoms with Crippen molar-refractivity contribution >= 4 is 39.4 Å². The van der Waals surface area contributed by atoms with Crippen LogP contribution in [-0.2, 0) is 19.1 Å². The molecular formula is C22H21NO5. The van der Waals surface area contributed by atoms with Gasteiger partial charge in [-0.2, -0.15) is 0 Å². The molecule has 28 heavy (non-hydrogen) atoms. The Labute approximate surface area is 162 Å². The third-order valence-corrected chi connectivity index (χ3v) is 4.65. The van der Waals surface area contributed by atoms with Gasteiger partial charge in [0.15, 0.2) is 0 Å². The monoisotopic (exact) mass is 379 g/mol. The third-order valence-electron chi connectivity index (χ3n) is 4.65. The fourth-order valence-electron chi connectivity index (χ4n) is 3.24. The zero-order valence-corrected chi connectivity index (χ0v) is 15.7. The number of hydrogen-bond acceptors (Lipinski definition) is 5. The van der Waals surface area contributed by atoms with Gasteiger partial charge < -0.3 is 14.8 Å². The van der Waals surface area contributed by atoms with Crippen molar-refractivity contribution in [3.8, 4) is 0 Å². The predicted octanol–water partition coefficient (Wildman–Crippen LogP) is 3.22. The highest BCUT2D eigenvalue weighted by molar-refractivity contribution is 6.18. The molecule has 0 fully saturated rings. The minimum absolute atomic E-state index is 0.00711. The lowest BCUT2D eigenvalue weighted by Gasteiger charge is -2.18. The SMILES string of the molecule is COC(=O)CC[C@@H](NC(=O)c1c2ccccc2cc2ccccc12)C(=O)OC. The Kier molecular flexibility index (Phi) is 5.89. The van der Waals surface area contributed by atoms with Crippen molar-refractivity contribution in [1.82, 2.24) is 5.32 Å². The number of methoxy groups -OCH3 is 2. The van der Waals surface area contributed by atoms with Gasteiger partial charge in [0.1, 0.15) is 6.04 Å². The summed E-state index contributed by atoms with van der Waals surface area (Å²) in [6.07, 6.45) is 0.0839. The Morgan fingerprint density at radius 3 is 2.00 bits per heavy atom. The van der Waals surface area contributed by atoms with Gasteiger partial charge in [0.2, 0.25) is 0 Å². The van der Waals surface area contributed by atoms with Gasteiger partial charge in [-0.15, -0.1) is 0 Å². The molecule has 0 heterocycles. The first-order valence-electron chi connectivity index (χ1n) is 8.91. The summed E-state index contributed by atoms with van der Waals surface area (Å²) >= 11 is 0. The van der Waals surface area contributed by atoms with E-state index in [2.05, 4.69) is 10.1 Å². The summed E-state index contributed by atoms with van der Waals surface area (Å²) in [5, 5.41) is 6.15. The summed E-state index contributed by atoms with van der Waals surface area (Å²) in [5.41, 5.74) is 0.487. The van der Waals surface area contributed by atoms with Crippen molar-refractivity contribution in [1.29, 1.82) is 0 Å². The molecule has 0 aliphatic heterocycles. The molecule has 0 saturated heterocycles. The molecule has 0 bridgehead atoms. The van der Waals surface area contributed by atoms with Gasteiger partial charge in [-0.05, 0) is 34.0 Å². The first-order chi connectivity index (χ1) is 13.5. The molecule has 3 aromatic rings. The minimum Gasteiger partial charge on any atom is -0.469 e. The Morgan fingerprint density at radius 1 is 0.893 bits per heavy atom. The minimum atomic E-state index is -0.950. The van der Waals surface area contributed by atoms with E-state index < -0.39 is 23.9 Å². The van der Waals surface area contributed by atoms with Crippen molar-refractivity contribution in [2.75, 3.05) is 14.2 Å². The molecular weight excluding hydrogens is 358 g/mol. The number of benzene rings is 3. The number of esters is 2. The average molecular weight is 379 g/mol. The number of fused-ring (bicyclic) bond motifs is 2. The molecule has 6 nitrogen and oxygen atoms in total. The number of hydrogen-bond donors (Lipinski definition) is 1. The van der Waals surface area contributed by atoms with Crippen molar-refractivity contribution in [3.05, 3.63) is 60.2 Å². The van der Waals surface area contributed by atoms with Crippen LogP contribution in [-0.4, -0.2) is 38.1 Å². The van der Waals surface area contributed by atoms with E-state index in [9.17, 15) is 14.4 Å². The standard InChI is InChI=1S/C22H21NO5/c1-27-19(24)12-11-18(22(26)28-2)23-21(25)20-16-9-5-3-7-14(16)13-15-8-4-6-10-17(15)20/h3-10,13,18H,11-12H2,1-2H3,(H,23,25)/t18-/m1/s1. The van der Waals surface area contributed by atoms with Gasteiger partial charge in [-0.25, -0.2) is 4.79 Å². The molecule has 0 saturated carbocycles. The summed E-state index contributed by atoms with van der Waals surface area (Å²) < 4.78 is 9.40. The van der Waals surface area contributed by atoms with Crippen LogP contribution in [0.2, 0.25) is 0 Å². The number of amides is 1. The van der Waals surface area contributed by atoms with Gasteiger partial charge in [-0.3, -0.25) is 9.59 Å². The highest BCUT2D eigenvalue weighted by Crippen LogP contribution is 2.28. The number of rotatable bonds is 6. The van der Waals surface area contributed by atoms with Crippen molar-refractivity contribution in [2.45, 2.75) is 18.9 Å². The molecule has 1 amide bonds. The van der Waals surface area contributed by atoms with Gasteiger partial charge in [0.05, 0.1) is 19.8 Å². The maximum Gasteiger partial charge on any atom is 0.328 e. The smallest absolute Gasteiger partial charge is 0.328 e. The topological polar surface area (TPSA) is 81.7 Å². The maximum absolute atomic E-state index is 13.2. The molecule has 0 radical (unpaired) electrons. The summed E-state index contributed by atoms with van der Waals surface area (Å²) in [6.45, 7) is 0. The van der Waals surface area contributed by atoms with Gasteiger partial charge in [0.25, 0.3) is 5.91 Å². The van der Waals surface area contributed by atoms with E-state index in [1.807, 2.05) is 54.6 Å². The molecule has 3 aromatic carbocycles. The van der Waals surface area contributed by atoms with Crippen molar-refractivity contribution in [3.63, 3.8) is 0 Å². The Bertz CT molecular complexity index is 989. The van der Waals surface area contributed by atoms with Gasteiger partial charge >= 0.3 is 11.9 Å². The average Bonchev–Trinajstić information content (AvgIpc) is 2.73. The van der Waals surface area contributed by atoms with Crippen molar-refractivity contribution in [2.24, 2.45) is 0 Å². The zero-order valence-electron chi connectivity index (χ0n) is 15.7. The molecule has 0 aromatic heterocycles. The second-order valence-electron chi connectivity index (χ2n) is 6.36. The van der Waals surface area contributed by atoms with Crippen LogP contribution in [0, 0.1) is 0 Å². The fraction of sp³-hybridized carbons (Fsp3) is 0.227. The van der Waals surface area contributed by atoms with Crippen LogP contribution >= 0.6 is 0 Å². The largest absolute Gasteiger partial charge is 0.469 e. The highest BCUT2D eigenvalue weighted by Gasteiger charge is 2.25. The molecule has 144 valence electrons. The second kappa shape index (κ2) is 8.52. The van der Waals surface area contributed by atoms with Crippen molar-refractivity contribution < 1.29 is 23.9 Å². The molecule has 0 spiro atoms. The highest BCUT2D eigenvalue weighted by atomic mass is 16.5. The van der Waals surface area contributed by atoms with Crippen LogP contribution in [0.3, 0.4) is 0 Å². The van der Waals surface area contributed by atoms with Gasteiger partial charge in [0, 0.05) is 6.42 Å². The molecule has 1 N–H and O–H groups in total. The first-order valence-corrected chi connectivity index (χ1v) is 8.91. The number of nitrogens with one attached hydrogen (secondary N) is 1. The number of ether oxygens (including phenoxy) is 2. The quantitative estimate of drug-likeness (QED) is 0.525. The zero-order chi connectivity index (χ0) is 20.1. The van der Waals surface area contributed by atoms with E-state index in [0.29, 0.717) is 5.56 Å². The van der Waals surface area contributed by atoms with Crippen LogP contribution in [0.4, 0.5) is 0 Å². The van der Waals surface area contributed by atoms with E-state index in [1.165, 1.54) is 14.2 Å². The van der Waals surface area contributed by atoms with E-state index in [4.69, 9.17) is 4.74 Å². The summed E-state index contributed by atoms with van der Waals surface area (Å²) in [6, 6.07) is 16.2. The lowest BCUT2D eigenvalue weighted by molar-refractivity contribution is -0.144. The van der Waals surface area contributed by atoms with Crippen LogP contribution in [0.1, 0.15) is 23.2 Å². The Hall–Kier alpha value is -3.41. The molecule has 0 unspecified atom stereocenters. The van der Waals surface area contributed by atoms with Crippen LogP contribution < -0.4 is 5.32 Å². The van der Waals surface area contributed by atoms with Gasteiger partial charge in [-0.1, -0.05) is 48.5 Å². The van der Waals surface area contributed by atoms with Crippen LogP contribution in [0.25, 0.3) is 21.5 Å². The summed E-state index contributed by atoms with van der Waals surface area (Å²) in [7, 11) is 2.52. The molecule has 6 heteroatoms. The predicted molar refractivity (Wildman–Crippen MR) is 106 cm³/mol. The first kappa shape index (κ1) is 19.4. The Morgan fingerprint density at radius 2 is 1.46 bits per heavy atom. The molecule has 1 atom stereocenters. The van der Waals surface area contributed by atoms with Crippen LogP contribution in [0.5, 0.6) is 0 Å². The number of carbonyl (C=O) groups is 3. The lowest BCUT2D eigenvalue weighted by Crippen LogP contribution is -2.42. The maximum atomic E-state index is 13.2.